The van der Waals surface area contributed by atoms with Crippen LogP contribution in [-0.2, 0) is 14.9 Å². The Bertz CT molecular complexity index is 334. The SMILES string of the molecule is C=C(C)C(=O)NC(C)C(O)S(=O)(=O)O. The van der Waals surface area contributed by atoms with Gasteiger partial charge < -0.3 is 10.4 Å². The van der Waals surface area contributed by atoms with Crippen molar-refractivity contribution in [1.29, 1.82) is 0 Å². The van der Waals surface area contributed by atoms with Crippen molar-refractivity contribution in [2.24, 2.45) is 0 Å². The summed E-state index contributed by atoms with van der Waals surface area (Å²) in [5.74, 6) is -0.583. The normalized spacial score (nSPS) is 15.7. The van der Waals surface area contributed by atoms with Crippen LogP contribution in [0, 0.1) is 0 Å². The fourth-order valence-corrected chi connectivity index (χ4v) is 1.24. The van der Waals surface area contributed by atoms with E-state index in [1.165, 1.54) is 13.8 Å². The summed E-state index contributed by atoms with van der Waals surface area (Å²) in [5, 5.41) is 11.2. The first-order valence-electron chi connectivity index (χ1n) is 3.77. The van der Waals surface area contributed by atoms with Crippen LogP contribution in [0.5, 0.6) is 0 Å². The number of aliphatic hydroxyl groups excluding tert-OH is 1. The van der Waals surface area contributed by atoms with Crippen LogP contribution < -0.4 is 5.32 Å². The molecule has 0 saturated carbocycles. The highest BCUT2D eigenvalue weighted by Crippen LogP contribution is 2.01. The van der Waals surface area contributed by atoms with Crippen LogP contribution in [0.15, 0.2) is 12.2 Å². The molecule has 0 saturated heterocycles. The van der Waals surface area contributed by atoms with Gasteiger partial charge in [-0.3, -0.25) is 9.35 Å². The van der Waals surface area contributed by atoms with Gasteiger partial charge in [-0.05, 0) is 13.8 Å². The van der Waals surface area contributed by atoms with Crippen LogP contribution in [-0.4, -0.2) is 35.5 Å². The molecule has 0 aromatic heterocycles. The van der Waals surface area contributed by atoms with Crippen molar-refractivity contribution >= 4 is 16.0 Å². The number of aliphatic hydroxyl groups is 1. The molecule has 0 radical (unpaired) electrons. The Hall–Kier alpha value is -0.920. The van der Waals surface area contributed by atoms with E-state index in [1.807, 2.05) is 0 Å². The summed E-state index contributed by atoms with van der Waals surface area (Å²) in [5.41, 5.74) is -1.86. The van der Waals surface area contributed by atoms with Crippen LogP contribution in [0.4, 0.5) is 0 Å². The summed E-state index contributed by atoms with van der Waals surface area (Å²) in [6, 6.07) is -1.10. The van der Waals surface area contributed by atoms with Crippen molar-refractivity contribution in [1.82, 2.24) is 5.32 Å². The Morgan fingerprint density at radius 2 is 1.93 bits per heavy atom. The number of carbonyl (C=O) groups is 1. The molecule has 82 valence electrons. The molecule has 0 aromatic rings. The number of amides is 1. The minimum absolute atomic E-state index is 0.180. The van der Waals surface area contributed by atoms with Crippen LogP contribution in [0.1, 0.15) is 13.8 Å². The summed E-state index contributed by atoms with van der Waals surface area (Å²) in [6.45, 7) is 6.01. The second kappa shape index (κ2) is 4.54. The number of hydrogen-bond acceptors (Lipinski definition) is 4. The van der Waals surface area contributed by atoms with E-state index in [4.69, 9.17) is 9.66 Å². The Morgan fingerprint density at radius 1 is 1.50 bits per heavy atom. The molecular formula is C7H13NO5S. The second-order valence-electron chi connectivity index (χ2n) is 2.95. The quantitative estimate of drug-likeness (QED) is 0.431. The number of carbonyl (C=O) groups excluding carboxylic acids is 1. The third-order valence-electron chi connectivity index (χ3n) is 1.48. The zero-order valence-electron chi connectivity index (χ0n) is 7.89. The maximum absolute atomic E-state index is 11.0. The van der Waals surface area contributed by atoms with Crippen LogP contribution in [0.3, 0.4) is 0 Å². The van der Waals surface area contributed by atoms with Gasteiger partial charge in [0.05, 0.1) is 6.04 Å². The Morgan fingerprint density at radius 3 is 2.21 bits per heavy atom. The zero-order chi connectivity index (χ0) is 11.5. The van der Waals surface area contributed by atoms with Crippen molar-refractivity contribution in [3.8, 4) is 0 Å². The molecule has 0 aliphatic carbocycles. The Labute approximate surface area is 82.4 Å². The maximum atomic E-state index is 11.0. The molecule has 2 unspecified atom stereocenters. The lowest BCUT2D eigenvalue weighted by Crippen LogP contribution is -2.44. The maximum Gasteiger partial charge on any atom is 0.294 e. The lowest BCUT2D eigenvalue weighted by atomic mass is 10.3. The molecular weight excluding hydrogens is 210 g/mol. The number of rotatable bonds is 4. The smallest absolute Gasteiger partial charge is 0.294 e. The molecule has 14 heavy (non-hydrogen) atoms. The van der Waals surface area contributed by atoms with Gasteiger partial charge >= 0.3 is 0 Å². The molecule has 0 aliphatic rings. The summed E-state index contributed by atoms with van der Waals surface area (Å²) in [7, 11) is -4.56. The molecule has 2 atom stereocenters. The topological polar surface area (TPSA) is 104 Å². The molecule has 3 N–H and O–H groups in total. The van der Waals surface area contributed by atoms with E-state index >= 15 is 0 Å². The van der Waals surface area contributed by atoms with Gasteiger partial charge in [0.1, 0.15) is 0 Å². The molecule has 0 spiro atoms. The van der Waals surface area contributed by atoms with Crippen molar-refractivity contribution < 1.29 is 22.9 Å². The minimum Gasteiger partial charge on any atom is -0.374 e. The lowest BCUT2D eigenvalue weighted by molar-refractivity contribution is -0.118. The average molecular weight is 223 g/mol. The summed E-state index contributed by atoms with van der Waals surface area (Å²) < 4.78 is 29.4. The van der Waals surface area contributed by atoms with E-state index in [1.54, 1.807) is 0 Å². The van der Waals surface area contributed by atoms with Crippen LogP contribution in [0.2, 0.25) is 0 Å². The molecule has 0 heterocycles. The summed E-state index contributed by atoms with van der Waals surface area (Å²) >= 11 is 0. The van der Waals surface area contributed by atoms with Gasteiger partial charge in [-0.25, -0.2) is 0 Å². The van der Waals surface area contributed by atoms with Crippen LogP contribution >= 0.6 is 0 Å². The molecule has 0 aliphatic heterocycles. The van der Waals surface area contributed by atoms with Gasteiger partial charge in [-0.15, -0.1) is 0 Å². The monoisotopic (exact) mass is 223 g/mol. The Kier molecular flexibility index (Phi) is 4.24. The second-order valence-corrected chi connectivity index (χ2v) is 4.46. The number of hydrogen-bond donors (Lipinski definition) is 3. The van der Waals surface area contributed by atoms with Gasteiger partial charge in [0.25, 0.3) is 10.1 Å². The molecule has 0 rings (SSSR count). The van der Waals surface area contributed by atoms with Gasteiger partial charge in [0, 0.05) is 5.57 Å². The van der Waals surface area contributed by atoms with E-state index in [9.17, 15) is 13.2 Å². The van der Waals surface area contributed by atoms with Gasteiger partial charge in [-0.1, -0.05) is 6.58 Å². The lowest BCUT2D eigenvalue weighted by Gasteiger charge is -2.17. The number of nitrogens with one attached hydrogen (secondary N) is 1. The highest BCUT2D eigenvalue weighted by atomic mass is 32.2. The van der Waals surface area contributed by atoms with Crippen molar-refractivity contribution in [2.45, 2.75) is 25.3 Å². The summed E-state index contributed by atoms with van der Waals surface area (Å²) in [4.78, 5) is 11.0. The Balaban J connectivity index is 4.44. The highest BCUT2D eigenvalue weighted by Gasteiger charge is 2.27. The molecule has 1 amide bonds. The highest BCUT2D eigenvalue weighted by molar-refractivity contribution is 7.86. The largest absolute Gasteiger partial charge is 0.374 e. The van der Waals surface area contributed by atoms with Crippen LogP contribution in [0.25, 0.3) is 0 Å². The van der Waals surface area contributed by atoms with E-state index in [0.717, 1.165) is 0 Å². The predicted octanol–water partition coefficient (Wildman–Crippen LogP) is -0.727. The molecule has 0 bridgehead atoms. The predicted molar refractivity (Wildman–Crippen MR) is 50.0 cm³/mol. The van der Waals surface area contributed by atoms with E-state index in [-0.39, 0.29) is 5.57 Å². The molecule has 0 fully saturated rings. The first kappa shape index (κ1) is 13.1. The first-order valence-corrected chi connectivity index (χ1v) is 5.27. The fourth-order valence-electron chi connectivity index (χ4n) is 0.659. The third-order valence-corrected chi connectivity index (χ3v) is 2.50. The van der Waals surface area contributed by atoms with Crippen molar-refractivity contribution in [3.63, 3.8) is 0 Å². The van der Waals surface area contributed by atoms with E-state index < -0.39 is 27.5 Å². The summed E-state index contributed by atoms with van der Waals surface area (Å²) in [6.07, 6.45) is 0. The van der Waals surface area contributed by atoms with Crippen molar-refractivity contribution in [3.05, 3.63) is 12.2 Å². The zero-order valence-corrected chi connectivity index (χ0v) is 8.71. The van der Waals surface area contributed by atoms with Gasteiger partial charge in [0.2, 0.25) is 11.3 Å². The molecule has 0 aromatic carbocycles. The molecule has 7 heteroatoms. The van der Waals surface area contributed by atoms with E-state index in [2.05, 4.69) is 11.9 Å². The van der Waals surface area contributed by atoms with Crippen molar-refractivity contribution in [2.75, 3.05) is 0 Å². The minimum atomic E-state index is -4.56. The first-order chi connectivity index (χ1) is 6.16. The third kappa shape index (κ3) is 3.86. The average Bonchev–Trinajstić information content (AvgIpc) is 2.00. The fraction of sp³-hybridized carbons (Fsp3) is 0.571. The van der Waals surface area contributed by atoms with Gasteiger partial charge in [-0.2, -0.15) is 8.42 Å². The van der Waals surface area contributed by atoms with Gasteiger partial charge in [0.15, 0.2) is 0 Å². The molecule has 6 nitrogen and oxygen atoms in total. The van der Waals surface area contributed by atoms with E-state index in [0.29, 0.717) is 0 Å². The standard InChI is InChI=1S/C7H13NO5S/c1-4(2)6(9)8-5(3)7(10)14(11,12)13/h5,7,10H,1H2,2-3H3,(H,8,9)(H,11,12,13).